The van der Waals surface area contributed by atoms with Gasteiger partial charge in [-0.05, 0) is 37.3 Å². The summed E-state index contributed by atoms with van der Waals surface area (Å²) in [6.45, 7) is 8.55. The quantitative estimate of drug-likeness (QED) is 0.306. The highest BCUT2D eigenvalue weighted by Crippen LogP contribution is 2.19. The maximum Gasteiger partial charge on any atom is 0.313 e. The molecule has 0 aliphatic carbocycles. The molecular formula is C21H30O2. The van der Waals surface area contributed by atoms with Gasteiger partial charge in [0.2, 0.25) is 0 Å². The van der Waals surface area contributed by atoms with Crippen LogP contribution in [0.2, 0.25) is 0 Å². The van der Waals surface area contributed by atoms with Gasteiger partial charge in [-0.25, -0.2) is 0 Å². The van der Waals surface area contributed by atoms with Gasteiger partial charge in [0.1, 0.15) is 0 Å². The van der Waals surface area contributed by atoms with E-state index in [-0.39, 0.29) is 11.9 Å². The third-order valence-electron chi connectivity index (χ3n) is 3.86. The first kappa shape index (κ1) is 19.2. The Morgan fingerprint density at radius 2 is 1.91 bits per heavy atom. The third kappa shape index (κ3) is 7.83. The number of carbonyl (C=O) groups is 1. The largest absolute Gasteiger partial charge is 0.466 e. The molecule has 1 rings (SSSR count). The minimum atomic E-state index is -0.302. The Labute approximate surface area is 141 Å². The molecule has 0 amide bonds. The zero-order valence-electron chi connectivity index (χ0n) is 14.6. The molecule has 0 saturated heterocycles. The highest BCUT2D eigenvalue weighted by atomic mass is 16.5. The minimum Gasteiger partial charge on any atom is -0.466 e. The summed E-state index contributed by atoms with van der Waals surface area (Å²) in [4.78, 5) is 12.2. The summed E-state index contributed by atoms with van der Waals surface area (Å²) in [5.74, 6) is -0.485. The summed E-state index contributed by atoms with van der Waals surface area (Å²) < 4.78 is 5.22. The van der Waals surface area contributed by atoms with Gasteiger partial charge in [0.25, 0.3) is 0 Å². The summed E-state index contributed by atoms with van der Waals surface area (Å²) >= 11 is 0. The standard InChI is InChI=1S/C21H30O2/c1-4-6-7-8-9-11-14-18(3)20(21(22)23-5-2)17-19-15-12-10-13-16-19/h10-16,20H,3-9,17H2,1-2H3/b14-11+. The second kappa shape index (κ2) is 11.7. The van der Waals surface area contributed by atoms with Gasteiger partial charge in [-0.2, -0.15) is 0 Å². The van der Waals surface area contributed by atoms with Crippen LogP contribution in [0.5, 0.6) is 0 Å². The van der Waals surface area contributed by atoms with Crippen LogP contribution < -0.4 is 0 Å². The summed E-state index contributed by atoms with van der Waals surface area (Å²) in [6.07, 6.45) is 10.8. The first-order valence-corrected chi connectivity index (χ1v) is 8.74. The van der Waals surface area contributed by atoms with E-state index in [0.717, 1.165) is 17.6 Å². The summed E-state index contributed by atoms with van der Waals surface area (Å²) in [5, 5.41) is 0. The molecule has 126 valence electrons. The van der Waals surface area contributed by atoms with Gasteiger partial charge < -0.3 is 4.74 Å². The molecule has 2 heteroatoms. The lowest BCUT2D eigenvalue weighted by molar-refractivity contribution is -0.146. The van der Waals surface area contributed by atoms with Crippen molar-refractivity contribution in [3.63, 3.8) is 0 Å². The summed E-state index contributed by atoms with van der Waals surface area (Å²) in [5.41, 5.74) is 1.96. The fourth-order valence-corrected chi connectivity index (χ4v) is 2.50. The molecule has 1 aromatic carbocycles. The number of hydrogen-bond donors (Lipinski definition) is 0. The van der Waals surface area contributed by atoms with E-state index in [1.54, 1.807) is 0 Å². The van der Waals surface area contributed by atoms with Gasteiger partial charge in [-0.3, -0.25) is 4.79 Å². The lowest BCUT2D eigenvalue weighted by atomic mass is 9.92. The zero-order chi connectivity index (χ0) is 16.9. The number of rotatable bonds is 11. The fourth-order valence-electron chi connectivity index (χ4n) is 2.50. The van der Waals surface area contributed by atoms with E-state index in [1.165, 1.54) is 25.7 Å². The topological polar surface area (TPSA) is 26.3 Å². The van der Waals surface area contributed by atoms with Crippen LogP contribution in [0.1, 0.15) is 51.5 Å². The predicted molar refractivity (Wildman–Crippen MR) is 97.3 cm³/mol. The molecule has 0 aliphatic rings. The van der Waals surface area contributed by atoms with Crippen molar-refractivity contribution >= 4 is 5.97 Å². The number of allylic oxidation sites excluding steroid dienone is 2. The lowest BCUT2D eigenvalue weighted by Gasteiger charge is -2.16. The Balaban J connectivity index is 2.62. The van der Waals surface area contributed by atoms with E-state index in [2.05, 4.69) is 19.6 Å². The Morgan fingerprint density at radius 3 is 2.57 bits per heavy atom. The van der Waals surface area contributed by atoms with Crippen molar-refractivity contribution in [2.75, 3.05) is 6.61 Å². The third-order valence-corrected chi connectivity index (χ3v) is 3.86. The number of esters is 1. The van der Waals surface area contributed by atoms with Crippen molar-refractivity contribution < 1.29 is 9.53 Å². The number of benzene rings is 1. The van der Waals surface area contributed by atoms with Crippen molar-refractivity contribution in [3.8, 4) is 0 Å². The molecule has 0 heterocycles. The van der Waals surface area contributed by atoms with Gasteiger partial charge in [-0.15, -0.1) is 0 Å². The first-order valence-electron chi connectivity index (χ1n) is 8.74. The van der Waals surface area contributed by atoms with E-state index in [1.807, 2.05) is 43.3 Å². The highest BCUT2D eigenvalue weighted by Gasteiger charge is 2.21. The van der Waals surface area contributed by atoms with Crippen LogP contribution in [0.15, 0.2) is 54.6 Å². The average molecular weight is 314 g/mol. The van der Waals surface area contributed by atoms with Crippen LogP contribution in [0, 0.1) is 5.92 Å². The van der Waals surface area contributed by atoms with Crippen LogP contribution in [0.4, 0.5) is 0 Å². The zero-order valence-corrected chi connectivity index (χ0v) is 14.6. The number of unbranched alkanes of at least 4 members (excludes halogenated alkanes) is 4. The van der Waals surface area contributed by atoms with Crippen molar-refractivity contribution in [2.45, 2.75) is 52.4 Å². The predicted octanol–water partition coefficient (Wildman–Crippen LogP) is 5.49. The number of hydrogen-bond acceptors (Lipinski definition) is 2. The number of carbonyl (C=O) groups excluding carboxylic acids is 1. The van der Waals surface area contributed by atoms with Gasteiger partial charge in [0, 0.05) is 0 Å². The van der Waals surface area contributed by atoms with E-state index in [9.17, 15) is 4.79 Å². The number of ether oxygens (including phenoxy) is 1. The van der Waals surface area contributed by atoms with Crippen molar-refractivity contribution in [1.29, 1.82) is 0 Å². The minimum absolute atomic E-state index is 0.183. The molecule has 2 nitrogen and oxygen atoms in total. The first-order chi connectivity index (χ1) is 11.2. The Morgan fingerprint density at radius 1 is 1.17 bits per heavy atom. The monoisotopic (exact) mass is 314 g/mol. The van der Waals surface area contributed by atoms with Crippen molar-refractivity contribution in [2.24, 2.45) is 5.92 Å². The average Bonchev–Trinajstić information content (AvgIpc) is 2.56. The molecule has 23 heavy (non-hydrogen) atoms. The van der Waals surface area contributed by atoms with E-state index < -0.39 is 0 Å². The smallest absolute Gasteiger partial charge is 0.313 e. The van der Waals surface area contributed by atoms with E-state index in [0.29, 0.717) is 13.0 Å². The van der Waals surface area contributed by atoms with Crippen LogP contribution in [0.3, 0.4) is 0 Å². The molecule has 1 aromatic rings. The van der Waals surface area contributed by atoms with Crippen LogP contribution in [-0.4, -0.2) is 12.6 Å². The van der Waals surface area contributed by atoms with Crippen LogP contribution in [0.25, 0.3) is 0 Å². The Kier molecular flexibility index (Phi) is 9.78. The molecule has 1 unspecified atom stereocenters. The van der Waals surface area contributed by atoms with Gasteiger partial charge in [-0.1, -0.05) is 75.2 Å². The molecule has 0 aliphatic heterocycles. The lowest BCUT2D eigenvalue weighted by Crippen LogP contribution is -2.21. The molecule has 1 atom stereocenters. The van der Waals surface area contributed by atoms with Crippen molar-refractivity contribution in [1.82, 2.24) is 0 Å². The maximum atomic E-state index is 12.2. The van der Waals surface area contributed by atoms with Gasteiger partial charge in [0.15, 0.2) is 0 Å². The van der Waals surface area contributed by atoms with E-state index >= 15 is 0 Å². The second-order valence-electron chi connectivity index (χ2n) is 5.82. The Bertz CT molecular complexity index is 488. The van der Waals surface area contributed by atoms with E-state index in [4.69, 9.17) is 4.74 Å². The molecule has 0 aromatic heterocycles. The fraction of sp³-hybridized carbons (Fsp3) is 0.476. The Hall–Kier alpha value is -1.83. The van der Waals surface area contributed by atoms with Crippen LogP contribution in [-0.2, 0) is 16.0 Å². The highest BCUT2D eigenvalue weighted by molar-refractivity contribution is 5.77. The normalized spacial score (nSPS) is 12.3. The van der Waals surface area contributed by atoms with Crippen LogP contribution >= 0.6 is 0 Å². The molecular weight excluding hydrogens is 284 g/mol. The summed E-state index contributed by atoms with van der Waals surface area (Å²) in [6, 6.07) is 10.0. The molecule has 0 saturated carbocycles. The molecule has 0 spiro atoms. The van der Waals surface area contributed by atoms with Gasteiger partial charge in [0.05, 0.1) is 12.5 Å². The molecule has 0 fully saturated rings. The molecule has 0 bridgehead atoms. The van der Waals surface area contributed by atoms with Crippen molar-refractivity contribution in [3.05, 3.63) is 60.2 Å². The van der Waals surface area contributed by atoms with Gasteiger partial charge >= 0.3 is 5.97 Å². The second-order valence-corrected chi connectivity index (χ2v) is 5.82. The summed E-state index contributed by atoms with van der Waals surface area (Å²) in [7, 11) is 0. The maximum absolute atomic E-state index is 12.2. The SMILES string of the molecule is C=C(/C=C/CCCCCC)C(Cc1ccccc1)C(=O)OCC. The molecule has 0 radical (unpaired) electrons. The molecule has 0 N–H and O–H groups in total.